The van der Waals surface area contributed by atoms with Gasteiger partial charge in [-0.15, -0.1) is 0 Å². The van der Waals surface area contributed by atoms with Crippen LogP contribution in [-0.4, -0.2) is 35.6 Å². The van der Waals surface area contributed by atoms with Gasteiger partial charge < -0.3 is 9.84 Å². The first kappa shape index (κ1) is 17.8. The normalized spacial score (nSPS) is 17.1. The molecule has 1 N–H and O–H groups in total. The largest absolute Gasteiger partial charge is 0.494 e. The Morgan fingerprint density at radius 1 is 1.19 bits per heavy atom. The van der Waals surface area contributed by atoms with E-state index in [0.29, 0.717) is 46.1 Å². The number of pyridine rings is 1. The number of hydrogen-bond acceptors (Lipinski definition) is 4. The third-order valence-corrected chi connectivity index (χ3v) is 5.12. The van der Waals surface area contributed by atoms with Crippen LogP contribution in [0.1, 0.15) is 12.0 Å². The molecular weight excluding hydrogens is 364 g/mol. The molecule has 3 aromatic rings. The quantitative estimate of drug-likeness (QED) is 0.698. The van der Waals surface area contributed by atoms with Crippen molar-refractivity contribution in [2.24, 2.45) is 10.9 Å². The smallest absolute Gasteiger partial charge is 0.265 e. The highest BCUT2D eigenvalue weighted by atomic mass is 35.5. The average molecular weight is 383 g/mol. The van der Waals surface area contributed by atoms with Crippen LogP contribution in [0.4, 0.5) is 0 Å². The number of aliphatic imine (C=N–C) groups is 1. The van der Waals surface area contributed by atoms with Gasteiger partial charge in [0.1, 0.15) is 0 Å². The summed E-state index contributed by atoms with van der Waals surface area (Å²) in [6.07, 6.45) is 2.63. The van der Waals surface area contributed by atoms with Gasteiger partial charge in [-0.2, -0.15) is 0 Å². The second kappa shape index (κ2) is 7.55. The van der Waals surface area contributed by atoms with Crippen molar-refractivity contribution in [2.75, 3.05) is 19.8 Å². The second-order valence-electron chi connectivity index (χ2n) is 6.60. The number of hydrogen-bond donors (Lipinski definition) is 1. The summed E-state index contributed by atoms with van der Waals surface area (Å²) in [6, 6.07) is 14.1. The minimum Gasteiger partial charge on any atom is -0.494 e. The van der Waals surface area contributed by atoms with Gasteiger partial charge in [0.05, 0.1) is 22.9 Å². The van der Waals surface area contributed by atoms with Gasteiger partial charge in [0, 0.05) is 36.1 Å². The summed E-state index contributed by atoms with van der Waals surface area (Å²) in [6.45, 7) is 2.11. The van der Waals surface area contributed by atoms with E-state index >= 15 is 0 Å². The van der Waals surface area contributed by atoms with Gasteiger partial charge >= 0.3 is 0 Å². The van der Waals surface area contributed by atoms with Crippen LogP contribution >= 0.6 is 11.6 Å². The predicted octanol–water partition coefficient (Wildman–Crippen LogP) is 3.81. The van der Waals surface area contributed by atoms with Gasteiger partial charge in [-0.3, -0.25) is 9.79 Å². The highest BCUT2D eigenvalue weighted by Gasteiger charge is 2.18. The number of halogens is 1. The Kier molecular flexibility index (Phi) is 4.97. The summed E-state index contributed by atoms with van der Waals surface area (Å²) in [7, 11) is 0. The van der Waals surface area contributed by atoms with Crippen LogP contribution in [0.3, 0.4) is 0 Å². The molecule has 0 amide bonds. The SMILES string of the molecule is O=c1c2ccccc2c(C=NCC2CCOC2)c(O)n1-c1ccccc1Cl. The highest BCUT2D eigenvalue weighted by Crippen LogP contribution is 2.28. The number of ether oxygens (including phenoxy) is 1. The van der Waals surface area contributed by atoms with E-state index in [0.717, 1.165) is 13.0 Å². The maximum Gasteiger partial charge on any atom is 0.265 e. The minimum atomic E-state index is -0.322. The number of fused-ring (bicyclic) bond motifs is 1. The lowest BCUT2D eigenvalue weighted by atomic mass is 10.1. The van der Waals surface area contributed by atoms with Gasteiger partial charge in [0.2, 0.25) is 5.88 Å². The number of benzene rings is 2. The summed E-state index contributed by atoms with van der Waals surface area (Å²) >= 11 is 6.28. The molecule has 1 aliphatic heterocycles. The molecule has 6 heteroatoms. The third-order valence-electron chi connectivity index (χ3n) is 4.80. The van der Waals surface area contributed by atoms with E-state index < -0.39 is 0 Å². The van der Waals surface area contributed by atoms with Crippen LogP contribution in [0, 0.1) is 5.92 Å². The molecule has 4 rings (SSSR count). The average Bonchev–Trinajstić information content (AvgIpc) is 3.19. The Hall–Kier alpha value is -2.63. The van der Waals surface area contributed by atoms with E-state index in [1.807, 2.05) is 12.1 Å². The summed E-state index contributed by atoms with van der Waals surface area (Å²) in [4.78, 5) is 17.5. The number of para-hydroxylation sites is 1. The van der Waals surface area contributed by atoms with Crippen LogP contribution in [0.5, 0.6) is 5.88 Å². The van der Waals surface area contributed by atoms with Crippen molar-refractivity contribution in [2.45, 2.75) is 6.42 Å². The van der Waals surface area contributed by atoms with Crippen LogP contribution in [-0.2, 0) is 4.74 Å². The van der Waals surface area contributed by atoms with Crippen molar-refractivity contribution in [3.63, 3.8) is 0 Å². The van der Waals surface area contributed by atoms with E-state index in [1.165, 1.54) is 4.57 Å². The molecule has 1 saturated heterocycles. The fourth-order valence-electron chi connectivity index (χ4n) is 3.37. The monoisotopic (exact) mass is 382 g/mol. The van der Waals surface area contributed by atoms with Crippen molar-refractivity contribution >= 4 is 28.6 Å². The molecule has 1 atom stereocenters. The Morgan fingerprint density at radius 2 is 1.93 bits per heavy atom. The standard InChI is InChI=1S/C21H19ClN2O3/c22-18-7-3-4-8-19(18)24-20(25)16-6-2-1-5-15(16)17(21(24)26)12-23-11-14-9-10-27-13-14/h1-8,12,14,26H,9-11,13H2. The molecule has 2 aromatic carbocycles. The number of nitrogens with zero attached hydrogens (tertiary/aromatic N) is 2. The van der Waals surface area contributed by atoms with E-state index in [9.17, 15) is 9.90 Å². The summed E-state index contributed by atoms with van der Waals surface area (Å²) in [5, 5.41) is 12.5. The molecule has 0 saturated carbocycles. The second-order valence-corrected chi connectivity index (χ2v) is 7.01. The maximum absolute atomic E-state index is 13.0. The molecule has 27 heavy (non-hydrogen) atoms. The zero-order valence-corrected chi connectivity index (χ0v) is 15.4. The molecule has 0 radical (unpaired) electrons. The van der Waals surface area contributed by atoms with Gasteiger partial charge in [-0.1, -0.05) is 41.9 Å². The molecule has 1 unspecified atom stereocenters. The van der Waals surface area contributed by atoms with Crippen molar-refractivity contribution in [1.29, 1.82) is 0 Å². The van der Waals surface area contributed by atoms with Gasteiger partial charge in [-0.05, 0) is 24.6 Å². The lowest BCUT2D eigenvalue weighted by Crippen LogP contribution is -2.20. The first-order chi connectivity index (χ1) is 13.2. The first-order valence-electron chi connectivity index (χ1n) is 8.86. The van der Waals surface area contributed by atoms with Crippen molar-refractivity contribution in [3.05, 3.63) is 69.5 Å². The molecule has 1 fully saturated rings. The van der Waals surface area contributed by atoms with E-state index in [2.05, 4.69) is 4.99 Å². The minimum absolute atomic E-state index is 0.168. The molecule has 1 aromatic heterocycles. The molecule has 138 valence electrons. The molecule has 2 heterocycles. The van der Waals surface area contributed by atoms with E-state index in [-0.39, 0.29) is 11.4 Å². The van der Waals surface area contributed by atoms with Gasteiger partial charge in [0.25, 0.3) is 5.56 Å². The first-order valence-corrected chi connectivity index (χ1v) is 9.24. The molecule has 0 spiro atoms. The zero-order valence-electron chi connectivity index (χ0n) is 14.6. The molecule has 0 bridgehead atoms. The molecule has 1 aliphatic rings. The lowest BCUT2D eigenvalue weighted by Gasteiger charge is -2.14. The Bertz CT molecular complexity index is 1070. The van der Waals surface area contributed by atoms with Crippen molar-refractivity contribution in [1.82, 2.24) is 4.57 Å². The Labute approximate surface area is 161 Å². The molecular formula is C21H19ClN2O3. The number of aromatic nitrogens is 1. The van der Waals surface area contributed by atoms with E-state index in [4.69, 9.17) is 16.3 Å². The summed E-state index contributed by atoms with van der Waals surface area (Å²) < 4.78 is 6.62. The van der Waals surface area contributed by atoms with Crippen LogP contribution in [0.25, 0.3) is 16.5 Å². The van der Waals surface area contributed by atoms with Crippen LogP contribution in [0.2, 0.25) is 5.02 Å². The van der Waals surface area contributed by atoms with E-state index in [1.54, 1.807) is 42.6 Å². The number of aromatic hydroxyl groups is 1. The van der Waals surface area contributed by atoms with Crippen LogP contribution in [0.15, 0.2) is 58.3 Å². The number of rotatable bonds is 4. The fourth-order valence-corrected chi connectivity index (χ4v) is 3.59. The lowest BCUT2D eigenvalue weighted by molar-refractivity contribution is 0.187. The predicted molar refractivity (Wildman–Crippen MR) is 108 cm³/mol. The Morgan fingerprint density at radius 3 is 2.67 bits per heavy atom. The summed E-state index contributed by atoms with van der Waals surface area (Å²) in [5.74, 6) is 0.224. The Balaban J connectivity index is 1.88. The zero-order chi connectivity index (χ0) is 18.8. The topological polar surface area (TPSA) is 63.8 Å². The highest BCUT2D eigenvalue weighted by molar-refractivity contribution is 6.32. The van der Waals surface area contributed by atoms with Gasteiger partial charge in [-0.25, -0.2) is 4.57 Å². The van der Waals surface area contributed by atoms with Gasteiger partial charge in [0.15, 0.2) is 0 Å². The molecule has 0 aliphatic carbocycles. The van der Waals surface area contributed by atoms with Crippen LogP contribution < -0.4 is 5.56 Å². The third kappa shape index (κ3) is 3.36. The fraction of sp³-hybridized carbons (Fsp3) is 0.238. The van der Waals surface area contributed by atoms with Crippen molar-refractivity contribution in [3.8, 4) is 11.6 Å². The maximum atomic E-state index is 13.0. The summed E-state index contributed by atoms with van der Waals surface area (Å²) in [5.41, 5.74) is 0.618. The van der Waals surface area contributed by atoms with Crippen molar-refractivity contribution < 1.29 is 9.84 Å². The molecule has 5 nitrogen and oxygen atoms in total.